The Morgan fingerprint density at radius 1 is 0.658 bits per heavy atom. The largest absolute Gasteiger partial charge is 0.494 e. The summed E-state index contributed by atoms with van der Waals surface area (Å²) in [4.78, 5) is 0. The maximum Gasteiger partial charge on any atom is 0.494 e. The lowest BCUT2D eigenvalue weighted by molar-refractivity contribution is 0.00578. The number of halogens is 1. The molecule has 2 heterocycles. The second kappa shape index (κ2) is 7.76. The van der Waals surface area contributed by atoms with Crippen LogP contribution in [0.15, 0.2) is 78.9 Å². The Hall–Kier alpha value is -3.05. The fourth-order valence-corrected chi connectivity index (χ4v) is 6.52. The predicted octanol–water partition coefficient (Wildman–Crippen LogP) is 8.04. The van der Waals surface area contributed by atoms with Gasteiger partial charge in [-0.25, -0.2) is 0 Å². The third kappa shape index (κ3) is 3.24. The van der Waals surface area contributed by atoms with Crippen LogP contribution in [0, 0.1) is 0 Å². The van der Waals surface area contributed by atoms with Gasteiger partial charge >= 0.3 is 7.12 Å². The molecule has 0 bridgehead atoms. The van der Waals surface area contributed by atoms with Gasteiger partial charge in [0.05, 0.1) is 22.2 Å². The van der Waals surface area contributed by atoms with Gasteiger partial charge in [0, 0.05) is 26.9 Å². The second-order valence-electron chi connectivity index (χ2n) is 12.3. The van der Waals surface area contributed by atoms with Gasteiger partial charge in [-0.2, -0.15) is 0 Å². The molecule has 0 spiro atoms. The van der Waals surface area contributed by atoms with E-state index < -0.39 is 18.3 Å². The first-order chi connectivity index (χ1) is 18.0. The van der Waals surface area contributed by atoms with Crippen LogP contribution in [0.2, 0.25) is 5.02 Å². The van der Waals surface area contributed by atoms with Crippen molar-refractivity contribution in [2.75, 3.05) is 0 Å². The fraction of sp³-hybridized carbons (Fsp3) is 0.273. The van der Waals surface area contributed by atoms with E-state index in [0.29, 0.717) is 5.02 Å². The summed E-state index contributed by atoms with van der Waals surface area (Å²) in [5, 5.41) is 3.14. The molecule has 1 aliphatic carbocycles. The zero-order chi connectivity index (χ0) is 26.6. The van der Waals surface area contributed by atoms with Crippen molar-refractivity contribution in [3.05, 3.63) is 95.0 Å². The molecule has 1 saturated heterocycles. The molecule has 5 aromatic rings. The van der Waals surface area contributed by atoms with Crippen molar-refractivity contribution < 1.29 is 9.31 Å². The minimum atomic E-state index is -0.484. The summed E-state index contributed by atoms with van der Waals surface area (Å²) < 4.78 is 15.1. The van der Waals surface area contributed by atoms with Crippen molar-refractivity contribution in [3.63, 3.8) is 0 Å². The van der Waals surface area contributed by atoms with Crippen LogP contribution in [-0.4, -0.2) is 22.9 Å². The number of rotatable bonds is 2. The first-order valence-electron chi connectivity index (χ1n) is 13.3. The number of nitrogens with zero attached hydrogens (tertiary/aromatic N) is 1. The molecule has 7 rings (SSSR count). The standard InChI is InChI=1S/C33H31BClNO2/c1-31(2)27-13-9-7-11-23(27)25-19-30-26(18-28(25)31)24-12-8-10-14-29(24)36(30)22-16-20(15-21(35)17-22)34-37-32(3,4)33(5,6)38-34/h7-19H,1-6H3. The fourth-order valence-electron chi connectivity index (χ4n) is 6.28. The lowest BCUT2D eigenvalue weighted by atomic mass is 9.79. The average molecular weight is 520 g/mol. The maximum atomic E-state index is 6.76. The van der Waals surface area contributed by atoms with E-state index in [-0.39, 0.29) is 5.41 Å². The molecule has 0 amide bonds. The van der Waals surface area contributed by atoms with Crippen molar-refractivity contribution in [1.82, 2.24) is 4.57 Å². The monoisotopic (exact) mass is 519 g/mol. The summed E-state index contributed by atoms with van der Waals surface area (Å²) in [5.74, 6) is 0. The molecule has 5 heteroatoms. The van der Waals surface area contributed by atoms with Crippen LogP contribution in [0.5, 0.6) is 0 Å². The maximum absolute atomic E-state index is 6.76. The summed E-state index contributed by atoms with van der Waals surface area (Å²) in [6.45, 7) is 13.0. The Bertz CT molecular complexity index is 1770. The lowest BCUT2D eigenvalue weighted by Crippen LogP contribution is -2.41. The van der Waals surface area contributed by atoms with Crippen molar-refractivity contribution in [2.45, 2.75) is 58.2 Å². The molecule has 190 valence electrons. The molecule has 0 saturated carbocycles. The average Bonchev–Trinajstić information content (AvgIpc) is 3.40. The minimum Gasteiger partial charge on any atom is -0.399 e. The molecule has 4 aromatic carbocycles. The van der Waals surface area contributed by atoms with E-state index in [4.69, 9.17) is 20.9 Å². The Balaban J connectivity index is 1.49. The van der Waals surface area contributed by atoms with Crippen LogP contribution in [0.4, 0.5) is 0 Å². The zero-order valence-electron chi connectivity index (χ0n) is 22.7. The van der Waals surface area contributed by atoms with E-state index >= 15 is 0 Å². The van der Waals surface area contributed by atoms with Gasteiger partial charge in [-0.3, -0.25) is 0 Å². The molecule has 1 fully saturated rings. The van der Waals surface area contributed by atoms with E-state index in [1.165, 1.54) is 38.5 Å². The highest BCUT2D eigenvalue weighted by Gasteiger charge is 2.51. The summed E-state index contributed by atoms with van der Waals surface area (Å²) in [7, 11) is -0.484. The van der Waals surface area contributed by atoms with Gasteiger partial charge in [-0.1, -0.05) is 67.9 Å². The van der Waals surface area contributed by atoms with Crippen molar-refractivity contribution in [3.8, 4) is 16.8 Å². The normalized spacial score (nSPS) is 18.8. The molecule has 38 heavy (non-hydrogen) atoms. The Morgan fingerprint density at radius 2 is 1.34 bits per heavy atom. The quantitative estimate of drug-likeness (QED) is 0.220. The van der Waals surface area contributed by atoms with Crippen LogP contribution in [-0.2, 0) is 14.7 Å². The molecular formula is C33H31BClNO2. The molecule has 3 nitrogen and oxygen atoms in total. The predicted molar refractivity (Wildman–Crippen MR) is 159 cm³/mol. The number of benzene rings is 4. The molecular weight excluding hydrogens is 489 g/mol. The Labute approximate surface area is 229 Å². The summed E-state index contributed by atoms with van der Waals surface area (Å²) in [6.07, 6.45) is 0. The van der Waals surface area contributed by atoms with Gasteiger partial charge < -0.3 is 13.9 Å². The van der Waals surface area contributed by atoms with Gasteiger partial charge in [0.2, 0.25) is 0 Å². The molecule has 0 atom stereocenters. The van der Waals surface area contributed by atoms with Gasteiger partial charge in [0.15, 0.2) is 0 Å². The minimum absolute atomic E-state index is 0.0523. The molecule has 0 radical (unpaired) electrons. The molecule has 0 N–H and O–H groups in total. The van der Waals surface area contributed by atoms with Gasteiger partial charge in [0.1, 0.15) is 0 Å². The molecule has 2 aliphatic rings. The summed E-state index contributed by atoms with van der Waals surface area (Å²) >= 11 is 6.76. The summed E-state index contributed by atoms with van der Waals surface area (Å²) in [5.41, 5.74) is 8.71. The topological polar surface area (TPSA) is 23.4 Å². The van der Waals surface area contributed by atoms with Crippen LogP contribution in [0.25, 0.3) is 38.6 Å². The number of hydrogen-bond acceptors (Lipinski definition) is 2. The van der Waals surface area contributed by atoms with E-state index in [0.717, 1.165) is 16.7 Å². The first kappa shape index (κ1) is 24.0. The number of para-hydroxylation sites is 1. The first-order valence-corrected chi connectivity index (χ1v) is 13.7. The van der Waals surface area contributed by atoms with Crippen LogP contribution in [0.1, 0.15) is 52.7 Å². The zero-order valence-corrected chi connectivity index (χ0v) is 23.5. The van der Waals surface area contributed by atoms with Crippen molar-refractivity contribution in [2.24, 2.45) is 0 Å². The van der Waals surface area contributed by atoms with Crippen LogP contribution in [0.3, 0.4) is 0 Å². The SMILES string of the molecule is CC1(C)c2ccccc2-c2cc3c(cc21)c1ccccc1n3-c1cc(Cl)cc(B2OC(C)(C)C(C)(C)O2)c1. The van der Waals surface area contributed by atoms with Crippen LogP contribution >= 0.6 is 11.6 Å². The smallest absolute Gasteiger partial charge is 0.399 e. The molecule has 1 aromatic heterocycles. The highest BCUT2D eigenvalue weighted by Crippen LogP contribution is 2.51. The molecule has 0 unspecified atom stereocenters. The van der Waals surface area contributed by atoms with E-state index in [2.05, 4.69) is 113 Å². The number of hydrogen-bond donors (Lipinski definition) is 0. The van der Waals surface area contributed by atoms with Gasteiger partial charge in [-0.05, 0) is 91.8 Å². The van der Waals surface area contributed by atoms with E-state index in [9.17, 15) is 0 Å². The van der Waals surface area contributed by atoms with Crippen molar-refractivity contribution >= 4 is 46.0 Å². The van der Waals surface area contributed by atoms with Crippen LogP contribution < -0.4 is 5.46 Å². The van der Waals surface area contributed by atoms with Gasteiger partial charge in [0.25, 0.3) is 0 Å². The number of fused-ring (bicyclic) bond motifs is 6. The third-order valence-electron chi connectivity index (χ3n) is 9.06. The Kier molecular flexibility index (Phi) is 4.90. The second-order valence-corrected chi connectivity index (χ2v) is 12.7. The third-order valence-corrected chi connectivity index (χ3v) is 9.28. The van der Waals surface area contributed by atoms with E-state index in [1.807, 2.05) is 12.1 Å². The highest BCUT2D eigenvalue weighted by molar-refractivity contribution is 6.62. The lowest BCUT2D eigenvalue weighted by Gasteiger charge is -2.32. The van der Waals surface area contributed by atoms with Crippen molar-refractivity contribution in [1.29, 1.82) is 0 Å². The highest BCUT2D eigenvalue weighted by atomic mass is 35.5. The van der Waals surface area contributed by atoms with E-state index in [1.54, 1.807) is 0 Å². The molecule has 1 aliphatic heterocycles. The Morgan fingerprint density at radius 3 is 2.11 bits per heavy atom. The van der Waals surface area contributed by atoms with Gasteiger partial charge in [-0.15, -0.1) is 0 Å². The summed E-state index contributed by atoms with van der Waals surface area (Å²) in [6, 6.07) is 28.3. The number of aromatic nitrogens is 1.